The Morgan fingerprint density at radius 3 is 2.82 bits per heavy atom. The van der Waals surface area contributed by atoms with E-state index in [1.54, 1.807) is 31.5 Å². The molecule has 2 aliphatic carbocycles. The first-order chi connectivity index (χ1) is 15.9. The predicted octanol–water partition coefficient (Wildman–Crippen LogP) is 3.27. The molecule has 1 aliphatic heterocycles. The van der Waals surface area contributed by atoms with E-state index in [1.807, 2.05) is 6.07 Å². The highest BCUT2D eigenvalue weighted by atomic mass is 35.5. The maximum atomic E-state index is 12.8. The SMILES string of the molecule is CCOC(=O)C1=C(Oc2cncc(C3=CCC3)c2)C=CC(NS(=O)(=O)C2=CC=C(Cl)NC2)C1. The molecule has 10 heteroatoms. The van der Waals surface area contributed by atoms with Crippen molar-refractivity contribution in [2.75, 3.05) is 13.2 Å². The summed E-state index contributed by atoms with van der Waals surface area (Å²) in [7, 11) is -3.79. The van der Waals surface area contributed by atoms with Crippen LogP contribution in [0.2, 0.25) is 0 Å². The quantitative estimate of drug-likeness (QED) is 0.426. The standard InChI is InChI=1S/C23H24ClN3O5S/c1-2-31-23(28)20-11-17(27-33(29,30)19-7-9-22(24)26-14-19)6-8-21(20)32-18-10-16(12-25-13-18)15-4-3-5-15/h4,6-10,12-13,17,26-27H,2-3,5,11,14H2,1H3. The molecule has 0 amide bonds. The number of aromatic nitrogens is 1. The van der Waals surface area contributed by atoms with Crippen LogP contribution in [0.5, 0.6) is 5.75 Å². The van der Waals surface area contributed by atoms with E-state index in [2.05, 4.69) is 21.1 Å². The number of esters is 1. The van der Waals surface area contributed by atoms with Gasteiger partial charge in [-0.15, -0.1) is 0 Å². The molecule has 1 atom stereocenters. The molecule has 1 aromatic heterocycles. The molecule has 33 heavy (non-hydrogen) atoms. The number of nitrogens with one attached hydrogen (secondary N) is 2. The van der Waals surface area contributed by atoms with Crippen molar-refractivity contribution in [3.8, 4) is 5.75 Å². The third-order valence-corrected chi connectivity index (χ3v) is 7.18. The van der Waals surface area contributed by atoms with Gasteiger partial charge in [0.1, 0.15) is 16.7 Å². The summed E-state index contributed by atoms with van der Waals surface area (Å²) in [5, 5.41) is 3.15. The van der Waals surface area contributed by atoms with Crippen LogP contribution in [-0.2, 0) is 19.6 Å². The summed E-state index contributed by atoms with van der Waals surface area (Å²) < 4.78 is 39.3. The highest BCUT2D eigenvalue weighted by Gasteiger charge is 2.29. The van der Waals surface area contributed by atoms with Gasteiger partial charge in [-0.2, -0.15) is 0 Å². The molecule has 2 N–H and O–H groups in total. The molecule has 3 aliphatic rings. The third kappa shape index (κ3) is 5.55. The summed E-state index contributed by atoms with van der Waals surface area (Å²) in [6.45, 7) is 1.97. The van der Waals surface area contributed by atoms with Gasteiger partial charge in [-0.05, 0) is 55.2 Å². The first kappa shape index (κ1) is 23.3. The molecule has 0 fully saturated rings. The molecular formula is C23H24ClN3O5S. The maximum Gasteiger partial charge on any atom is 0.337 e. The summed E-state index contributed by atoms with van der Waals surface area (Å²) in [5.74, 6) is 0.238. The second kappa shape index (κ2) is 9.94. The van der Waals surface area contributed by atoms with E-state index in [-0.39, 0.29) is 30.1 Å². The van der Waals surface area contributed by atoms with Crippen LogP contribution in [0.15, 0.2) is 70.2 Å². The van der Waals surface area contributed by atoms with E-state index in [0.717, 1.165) is 18.4 Å². The largest absolute Gasteiger partial charge is 0.463 e. The van der Waals surface area contributed by atoms with Crippen LogP contribution in [0, 0.1) is 0 Å². The average Bonchev–Trinajstić information content (AvgIpc) is 2.74. The van der Waals surface area contributed by atoms with Crippen molar-refractivity contribution in [3.05, 3.63) is 75.8 Å². The molecular weight excluding hydrogens is 466 g/mol. The molecule has 8 nitrogen and oxygen atoms in total. The van der Waals surface area contributed by atoms with E-state index >= 15 is 0 Å². The topological polar surface area (TPSA) is 107 Å². The van der Waals surface area contributed by atoms with E-state index < -0.39 is 22.0 Å². The Morgan fingerprint density at radius 1 is 1.33 bits per heavy atom. The minimum atomic E-state index is -3.79. The van der Waals surface area contributed by atoms with Crippen LogP contribution in [0.25, 0.3) is 5.57 Å². The summed E-state index contributed by atoms with van der Waals surface area (Å²) >= 11 is 5.83. The maximum absolute atomic E-state index is 12.8. The number of allylic oxidation sites excluding steroid dienone is 5. The minimum absolute atomic E-state index is 0.0792. The molecule has 2 heterocycles. The van der Waals surface area contributed by atoms with E-state index in [4.69, 9.17) is 21.1 Å². The van der Waals surface area contributed by atoms with Crippen LogP contribution in [-0.4, -0.2) is 38.6 Å². The lowest BCUT2D eigenvalue weighted by atomic mass is 9.93. The second-order valence-corrected chi connectivity index (χ2v) is 9.81. The van der Waals surface area contributed by atoms with Crippen molar-refractivity contribution in [2.45, 2.75) is 32.2 Å². The molecule has 0 radical (unpaired) electrons. The smallest absolute Gasteiger partial charge is 0.337 e. The van der Waals surface area contributed by atoms with Crippen molar-refractivity contribution < 1.29 is 22.7 Å². The van der Waals surface area contributed by atoms with Crippen molar-refractivity contribution >= 4 is 33.2 Å². The zero-order valence-corrected chi connectivity index (χ0v) is 19.6. The molecule has 174 valence electrons. The predicted molar refractivity (Wildman–Crippen MR) is 125 cm³/mol. The molecule has 4 rings (SSSR count). The Hall–Kier alpha value is -2.88. The highest BCUT2D eigenvalue weighted by molar-refractivity contribution is 7.93. The Morgan fingerprint density at radius 2 is 2.15 bits per heavy atom. The van der Waals surface area contributed by atoms with Gasteiger partial charge in [-0.1, -0.05) is 23.8 Å². The Labute approximate surface area is 197 Å². The lowest BCUT2D eigenvalue weighted by Gasteiger charge is -2.24. The van der Waals surface area contributed by atoms with E-state index in [0.29, 0.717) is 16.7 Å². The van der Waals surface area contributed by atoms with Gasteiger partial charge in [0.05, 0.1) is 29.8 Å². The van der Waals surface area contributed by atoms with Crippen molar-refractivity contribution in [1.29, 1.82) is 0 Å². The third-order valence-electron chi connectivity index (χ3n) is 5.34. The number of dihydropyridines is 1. The van der Waals surface area contributed by atoms with Gasteiger partial charge in [0, 0.05) is 18.7 Å². The number of nitrogens with zero attached hydrogens (tertiary/aromatic N) is 1. The van der Waals surface area contributed by atoms with Gasteiger partial charge in [-0.3, -0.25) is 4.98 Å². The van der Waals surface area contributed by atoms with Crippen molar-refractivity contribution in [3.63, 3.8) is 0 Å². The van der Waals surface area contributed by atoms with E-state index in [9.17, 15) is 13.2 Å². The Balaban J connectivity index is 1.54. The number of carbonyl (C=O) groups excluding carboxylic acids is 1. The van der Waals surface area contributed by atoms with E-state index in [1.165, 1.54) is 17.7 Å². The molecule has 0 aromatic carbocycles. The van der Waals surface area contributed by atoms with Crippen LogP contribution in [0.1, 0.15) is 31.7 Å². The van der Waals surface area contributed by atoms with Gasteiger partial charge in [0.15, 0.2) is 0 Å². The van der Waals surface area contributed by atoms with Crippen LogP contribution in [0.3, 0.4) is 0 Å². The Bertz CT molecular complexity index is 1210. The highest BCUT2D eigenvalue weighted by Crippen LogP contribution is 2.31. The number of hydrogen-bond donors (Lipinski definition) is 2. The number of ether oxygens (including phenoxy) is 2. The Kier molecular flexibility index (Phi) is 7.02. The van der Waals surface area contributed by atoms with Gasteiger partial charge in [0.25, 0.3) is 0 Å². The first-order valence-corrected chi connectivity index (χ1v) is 12.4. The number of rotatable bonds is 8. The molecule has 1 unspecified atom stereocenters. The molecule has 0 spiro atoms. The van der Waals surface area contributed by atoms with Crippen LogP contribution >= 0.6 is 11.6 Å². The minimum Gasteiger partial charge on any atom is -0.463 e. The molecule has 0 saturated carbocycles. The zero-order chi connectivity index (χ0) is 23.4. The van der Waals surface area contributed by atoms with Gasteiger partial charge < -0.3 is 14.8 Å². The normalized spacial score (nSPS) is 20.2. The first-order valence-electron chi connectivity index (χ1n) is 10.6. The van der Waals surface area contributed by atoms with Gasteiger partial charge in [-0.25, -0.2) is 17.9 Å². The summed E-state index contributed by atoms with van der Waals surface area (Å²) in [4.78, 5) is 17.0. The van der Waals surface area contributed by atoms with Gasteiger partial charge >= 0.3 is 5.97 Å². The monoisotopic (exact) mass is 489 g/mol. The average molecular weight is 490 g/mol. The number of carbonyl (C=O) groups is 1. The molecule has 1 aromatic rings. The fraction of sp³-hybridized carbons (Fsp3) is 0.304. The number of hydrogen-bond acceptors (Lipinski definition) is 7. The second-order valence-electron chi connectivity index (χ2n) is 7.63. The van der Waals surface area contributed by atoms with Gasteiger partial charge in [0.2, 0.25) is 10.0 Å². The van der Waals surface area contributed by atoms with Crippen LogP contribution in [0.4, 0.5) is 0 Å². The van der Waals surface area contributed by atoms with Crippen LogP contribution < -0.4 is 14.8 Å². The summed E-state index contributed by atoms with van der Waals surface area (Å²) in [6, 6.07) is 1.23. The molecule has 0 bridgehead atoms. The fourth-order valence-electron chi connectivity index (χ4n) is 3.51. The summed E-state index contributed by atoms with van der Waals surface area (Å²) in [5.41, 5.74) is 2.44. The lowest BCUT2D eigenvalue weighted by Crippen LogP contribution is -2.39. The number of halogens is 1. The summed E-state index contributed by atoms with van der Waals surface area (Å²) in [6.07, 6.45) is 13.8. The number of pyridine rings is 1. The lowest BCUT2D eigenvalue weighted by molar-refractivity contribution is -0.138. The fourth-order valence-corrected chi connectivity index (χ4v) is 4.87. The number of sulfonamides is 1. The zero-order valence-electron chi connectivity index (χ0n) is 18.0. The van der Waals surface area contributed by atoms with Crippen molar-refractivity contribution in [2.24, 2.45) is 0 Å². The van der Waals surface area contributed by atoms with Crippen molar-refractivity contribution in [1.82, 2.24) is 15.0 Å². The molecule has 0 saturated heterocycles.